The number of halogens is 2. The molecule has 1 aromatic carbocycles. The number of rotatable bonds is 3. The number of nitrogens with one attached hydrogen (secondary N) is 1. The molecule has 1 amide bonds. The van der Waals surface area contributed by atoms with Crippen molar-refractivity contribution in [2.45, 2.75) is 0 Å². The van der Waals surface area contributed by atoms with Crippen LogP contribution in [0.2, 0.25) is 0 Å². The second kappa shape index (κ2) is 5.99. The molecule has 0 unspecified atom stereocenters. The number of aromatic nitrogens is 1. The lowest BCUT2D eigenvalue weighted by molar-refractivity contribution is -0.385. The summed E-state index contributed by atoms with van der Waals surface area (Å²) in [5.74, 6) is -1.22. The fourth-order valence-corrected chi connectivity index (χ4v) is 2.14. The first-order chi connectivity index (χ1) is 9.88. The largest absolute Gasteiger partial charge is 0.383 e. The summed E-state index contributed by atoms with van der Waals surface area (Å²) in [6, 6.07) is 4.85. The van der Waals surface area contributed by atoms with E-state index in [1.54, 1.807) is 0 Å². The summed E-state index contributed by atoms with van der Waals surface area (Å²) in [5.41, 5.74) is 5.45. The molecule has 108 valence electrons. The van der Waals surface area contributed by atoms with E-state index < -0.39 is 16.6 Å². The standard InChI is InChI=1S/C12H8FIN4O3/c13-6-1-2-10(9(14)3-6)17-12(19)8-4-7(18(20)21)5-16-11(8)15/h1-5H,(H2,15,16)(H,17,19). The fraction of sp³-hybridized carbons (Fsp3) is 0. The van der Waals surface area contributed by atoms with E-state index in [1.165, 1.54) is 18.2 Å². The van der Waals surface area contributed by atoms with Crippen LogP contribution in [0.4, 0.5) is 21.6 Å². The third-order valence-corrected chi connectivity index (χ3v) is 3.43. The van der Waals surface area contributed by atoms with Crippen molar-refractivity contribution in [3.63, 3.8) is 0 Å². The Labute approximate surface area is 131 Å². The van der Waals surface area contributed by atoms with Gasteiger partial charge in [-0.3, -0.25) is 14.9 Å². The van der Waals surface area contributed by atoms with Crippen LogP contribution in [0, 0.1) is 19.5 Å². The Balaban J connectivity index is 2.32. The molecule has 0 aliphatic rings. The van der Waals surface area contributed by atoms with Crippen LogP contribution in [0.1, 0.15) is 10.4 Å². The van der Waals surface area contributed by atoms with Crippen LogP contribution < -0.4 is 11.1 Å². The third kappa shape index (κ3) is 3.42. The van der Waals surface area contributed by atoms with E-state index in [2.05, 4.69) is 10.3 Å². The fourth-order valence-electron chi connectivity index (χ4n) is 1.53. The van der Waals surface area contributed by atoms with Gasteiger partial charge >= 0.3 is 0 Å². The Bertz CT molecular complexity index is 738. The maximum Gasteiger partial charge on any atom is 0.288 e. The smallest absolute Gasteiger partial charge is 0.288 e. The number of nitrogen functional groups attached to an aromatic ring is 1. The van der Waals surface area contributed by atoms with Crippen LogP contribution in [0.3, 0.4) is 0 Å². The summed E-state index contributed by atoms with van der Waals surface area (Å²) < 4.78 is 13.5. The van der Waals surface area contributed by atoms with Gasteiger partial charge in [-0.25, -0.2) is 9.37 Å². The summed E-state index contributed by atoms with van der Waals surface area (Å²) in [6.07, 6.45) is 0.966. The number of nitro groups is 1. The number of pyridine rings is 1. The van der Waals surface area contributed by atoms with Gasteiger partial charge in [0, 0.05) is 9.64 Å². The SMILES string of the molecule is Nc1ncc([N+](=O)[O-])cc1C(=O)Nc1ccc(F)cc1I. The number of carbonyl (C=O) groups excluding carboxylic acids is 1. The minimum Gasteiger partial charge on any atom is -0.383 e. The number of nitrogens with zero attached hydrogens (tertiary/aromatic N) is 2. The van der Waals surface area contributed by atoms with Crippen LogP contribution in [0.15, 0.2) is 30.5 Å². The summed E-state index contributed by atoms with van der Waals surface area (Å²) in [7, 11) is 0. The second-order valence-electron chi connectivity index (χ2n) is 3.96. The van der Waals surface area contributed by atoms with Crippen molar-refractivity contribution in [3.05, 3.63) is 55.5 Å². The Morgan fingerprint density at radius 3 is 2.76 bits per heavy atom. The molecule has 3 N–H and O–H groups in total. The Kier molecular flexibility index (Phi) is 4.31. The number of hydrogen-bond acceptors (Lipinski definition) is 5. The van der Waals surface area contributed by atoms with Crippen LogP contribution in [0.25, 0.3) is 0 Å². The number of nitrogens with two attached hydrogens (primary N) is 1. The van der Waals surface area contributed by atoms with Crippen molar-refractivity contribution in [2.24, 2.45) is 0 Å². The Hall–Kier alpha value is -2.30. The highest BCUT2D eigenvalue weighted by molar-refractivity contribution is 14.1. The van der Waals surface area contributed by atoms with Crippen LogP contribution in [-0.2, 0) is 0 Å². The molecule has 0 spiro atoms. The van der Waals surface area contributed by atoms with E-state index in [1.807, 2.05) is 22.6 Å². The maximum absolute atomic E-state index is 13.0. The van der Waals surface area contributed by atoms with E-state index in [0.29, 0.717) is 9.26 Å². The van der Waals surface area contributed by atoms with Gasteiger partial charge in [-0.15, -0.1) is 0 Å². The molecule has 1 aromatic heterocycles. The van der Waals surface area contributed by atoms with Crippen molar-refractivity contribution < 1.29 is 14.1 Å². The van der Waals surface area contributed by atoms with E-state index in [4.69, 9.17) is 5.73 Å². The number of amides is 1. The highest BCUT2D eigenvalue weighted by atomic mass is 127. The van der Waals surface area contributed by atoms with Crippen molar-refractivity contribution in [1.29, 1.82) is 0 Å². The van der Waals surface area contributed by atoms with Gasteiger partial charge in [-0.2, -0.15) is 0 Å². The van der Waals surface area contributed by atoms with Crippen LogP contribution >= 0.6 is 22.6 Å². The number of hydrogen-bond donors (Lipinski definition) is 2. The highest BCUT2D eigenvalue weighted by Crippen LogP contribution is 2.22. The molecular formula is C12H8FIN4O3. The number of benzene rings is 1. The lowest BCUT2D eigenvalue weighted by atomic mass is 10.2. The average molecular weight is 402 g/mol. The zero-order chi connectivity index (χ0) is 15.6. The lowest BCUT2D eigenvalue weighted by Gasteiger charge is -2.08. The molecule has 21 heavy (non-hydrogen) atoms. The highest BCUT2D eigenvalue weighted by Gasteiger charge is 2.17. The third-order valence-electron chi connectivity index (χ3n) is 2.54. The molecule has 0 bridgehead atoms. The van der Waals surface area contributed by atoms with Gasteiger partial charge in [0.2, 0.25) is 0 Å². The quantitative estimate of drug-likeness (QED) is 0.466. The van der Waals surface area contributed by atoms with Gasteiger partial charge < -0.3 is 11.1 Å². The molecule has 0 radical (unpaired) electrons. The molecular weight excluding hydrogens is 394 g/mol. The topological polar surface area (TPSA) is 111 Å². The van der Waals surface area contributed by atoms with E-state index >= 15 is 0 Å². The van der Waals surface area contributed by atoms with E-state index in [0.717, 1.165) is 12.3 Å². The predicted octanol–water partition coefficient (Wildman–Crippen LogP) is 2.57. The minimum atomic E-state index is -0.676. The molecule has 2 rings (SSSR count). The molecule has 0 saturated heterocycles. The average Bonchev–Trinajstić information content (AvgIpc) is 2.42. The molecule has 0 aliphatic heterocycles. The summed E-state index contributed by atoms with van der Waals surface area (Å²) in [6.45, 7) is 0. The zero-order valence-electron chi connectivity index (χ0n) is 10.3. The van der Waals surface area contributed by atoms with Crippen molar-refractivity contribution in [3.8, 4) is 0 Å². The van der Waals surface area contributed by atoms with Gasteiger partial charge in [0.15, 0.2) is 0 Å². The van der Waals surface area contributed by atoms with E-state index in [-0.39, 0.29) is 17.1 Å². The number of anilines is 2. The zero-order valence-corrected chi connectivity index (χ0v) is 12.5. The van der Waals surface area contributed by atoms with Crippen molar-refractivity contribution >= 4 is 45.7 Å². The maximum atomic E-state index is 13.0. The van der Waals surface area contributed by atoms with Gasteiger partial charge in [0.05, 0.1) is 16.2 Å². The molecule has 9 heteroatoms. The first kappa shape index (κ1) is 15.1. The van der Waals surface area contributed by atoms with Gasteiger partial charge in [0.25, 0.3) is 11.6 Å². The lowest BCUT2D eigenvalue weighted by Crippen LogP contribution is -2.16. The van der Waals surface area contributed by atoms with Crippen LogP contribution in [0.5, 0.6) is 0 Å². The minimum absolute atomic E-state index is 0.121. The number of carbonyl (C=O) groups is 1. The summed E-state index contributed by atoms with van der Waals surface area (Å²) >= 11 is 1.85. The second-order valence-corrected chi connectivity index (χ2v) is 5.12. The molecule has 0 saturated carbocycles. The van der Waals surface area contributed by atoms with Crippen molar-refractivity contribution in [2.75, 3.05) is 11.1 Å². The van der Waals surface area contributed by atoms with Crippen LogP contribution in [-0.4, -0.2) is 15.8 Å². The van der Waals surface area contributed by atoms with E-state index in [9.17, 15) is 19.3 Å². The van der Waals surface area contributed by atoms with Gasteiger partial charge in [-0.1, -0.05) is 0 Å². The van der Waals surface area contributed by atoms with Gasteiger partial charge in [0.1, 0.15) is 17.8 Å². The molecule has 0 fully saturated rings. The predicted molar refractivity (Wildman–Crippen MR) is 82.4 cm³/mol. The Morgan fingerprint density at radius 1 is 1.43 bits per heavy atom. The monoisotopic (exact) mass is 402 g/mol. The normalized spacial score (nSPS) is 10.2. The summed E-state index contributed by atoms with van der Waals surface area (Å²) in [4.78, 5) is 25.7. The molecule has 2 aromatic rings. The van der Waals surface area contributed by atoms with Crippen molar-refractivity contribution in [1.82, 2.24) is 4.98 Å². The molecule has 0 aliphatic carbocycles. The first-order valence-electron chi connectivity index (χ1n) is 5.55. The van der Waals surface area contributed by atoms with Gasteiger partial charge in [-0.05, 0) is 40.8 Å². The summed E-state index contributed by atoms with van der Waals surface area (Å²) in [5, 5.41) is 13.2. The molecule has 0 atom stereocenters. The molecule has 7 nitrogen and oxygen atoms in total. The first-order valence-corrected chi connectivity index (χ1v) is 6.62. The Morgan fingerprint density at radius 2 is 2.14 bits per heavy atom. The molecule has 1 heterocycles.